The van der Waals surface area contributed by atoms with Crippen LogP contribution in [0.4, 0.5) is 0 Å². The van der Waals surface area contributed by atoms with E-state index in [2.05, 4.69) is 20.9 Å². The molecular formula is C19H22N4O. The predicted molar refractivity (Wildman–Crippen MR) is 91.4 cm³/mol. The van der Waals surface area contributed by atoms with Crippen molar-refractivity contribution in [2.75, 3.05) is 26.2 Å². The van der Waals surface area contributed by atoms with Gasteiger partial charge in [0.05, 0.1) is 5.69 Å². The van der Waals surface area contributed by atoms with Crippen LogP contribution in [0.5, 0.6) is 0 Å². The van der Waals surface area contributed by atoms with Gasteiger partial charge in [-0.1, -0.05) is 12.1 Å². The Labute approximate surface area is 142 Å². The topological polar surface area (TPSA) is 49.3 Å². The van der Waals surface area contributed by atoms with Crippen molar-refractivity contribution in [1.82, 2.24) is 19.8 Å². The quantitative estimate of drug-likeness (QED) is 0.867. The normalized spacial score (nSPS) is 23.5. The number of amides is 1. The zero-order chi connectivity index (χ0) is 16.5. The number of rotatable bonds is 3. The standard InChI is InChI=1S/C19H22N4O/c1-14-5-4-7-18(21-14)19(24)23-11-15-9-22(10-16(15)12-23)13-17-6-2-3-8-20-17/h2-8,15-16H,9-13H2,1H3/t15-,16+. The molecule has 24 heavy (non-hydrogen) atoms. The molecule has 0 unspecified atom stereocenters. The van der Waals surface area contributed by atoms with Gasteiger partial charge in [-0.05, 0) is 43.0 Å². The molecule has 0 bridgehead atoms. The molecule has 0 aliphatic carbocycles. The number of hydrogen-bond donors (Lipinski definition) is 0. The van der Waals surface area contributed by atoms with E-state index in [1.54, 1.807) is 0 Å². The fourth-order valence-electron chi connectivity index (χ4n) is 3.93. The van der Waals surface area contributed by atoms with E-state index in [4.69, 9.17) is 0 Å². The monoisotopic (exact) mass is 322 g/mol. The van der Waals surface area contributed by atoms with Gasteiger partial charge in [0, 0.05) is 44.6 Å². The fraction of sp³-hybridized carbons (Fsp3) is 0.421. The molecule has 2 aliphatic rings. The Hall–Kier alpha value is -2.27. The lowest BCUT2D eigenvalue weighted by Crippen LogP contribution is -2.33. The lowest BCUT2D eigenvalue weighted by molar-refractivity contribution is 0.0767. The minimum absolute atomic E-state index is 0.0735. The Morgan fingerprint density at radius 1 is 1.08 bits per heavy atom. The van der Waals surface area contributed by atoms with Gasteiger partial charge in [-0.2, -0.15) is 0 Å². The summed E-state index contributed by atoms with van der Waals surface area (Å²) in [5.74, 6) is 1.22. The van der Waals surface area contributed by atoms with Crippen LogP contribution in [0.3, 0.4) is 0 Å². The van der Waals surface area contributed by atoms with E-state index >= 15 is 0 Å². The molecule has 4 rings (SSSR count). The second-order valence-corrected chi connectivity index (χ2v) is 6.91. The van der Waals surface area contributed by atoms with Crippen LogP contribution >= 0.6 is 0 Å². The van der Waals surface area contributed by atoms with Crippen LogP contribution in [0.2, 0.25) is 0 Å². The Morgan fingerprint density at radius 3 is 2.54 bits per heavy atom. The molecule has 2 atom stereocenters. The number of pyridine rings is 2. The second-order valence-electron chi connectivity index (χ2n) is 6.91. The highest BCUT2D eigenvalue weighted by atomic mass is 16.2. The summed E-state index contributed by atoms with van der Waals surface area (Å²) in [4.78, 5) is 25.9. The maximum absolute atomic E-state index is 12.6. The van der Waals surface area contributed by atoms with Gasteiger partial charge in [-0.25, -0.2) is 4.98 Å². The maximum Gasteiger partial charge on any atom is 0.272 e. The first-order valence-electron chi connectivity index (χ1n) is 8.54. The maximum atomic E-state index is 12.6. The Kier molecular flexibility index (Phi) is 4.02. The third-order valence-electron chi connectivity index (χ3n) is 5.07. The molecular weight excluding hydrogens is 300 g/mol. The van der Waals surface area contributed by atoms with Crippen LogP contribution in [-0.2, 0) is 6.54 Å². The lowest BCUT2D eigenvalue weighted by atomic mass is 10.0. The molecule has 2 fully saturated rings. The lowest BCUT2D eigenvalue weighted by Gasteiger charge is -2.21. The number of nitrogens with zero attached hydrogens (tertiary/aromatic N) is 4. The third-order valence-corrected chi connectivity index (χ3v) is 5.07. The summed E-state index contributed by atoms with van der Waals surface area (Å²) in [5.41, 5.74) is 2.58. The summed E-state index contributed by atoms with van der Waals surface area (Å²) in [6.07, 6.45) is 1.85. The molecule has 124 valence electrons. The number of likely N-dealkylation sites (tertiary alicyclic amines) is 2. The molecule has 0 saturated carbocycles. The minimum Gasteiger partial charge on any atom is -0.337 e. The predicted octanol–water partition coefficient (Wildman–Crippen LogP) is 1.99. The molecule has 0 N–H and O–H groups in total. The molecule has 0 spiro atoms. The molecule has 2 aromatic rings. The zero-order valence-electron chi connectivity index (χ0n) is 13.9. The van der Waals surface area contributed by atoms with Gasteiger partial charge >= 0.3 is 0 Å². The van der Waals surface area contributed by atoms with Crippen LogP contribution in [0.15, 0.2) is 42.6 Å². The number of carbonyl (C=O) groups excluding carboxylic acids is 1. The van der Waals surface area contributed by atoms with Crippen LogP contribution < -0.4 is 0 Å². The van der Waals surface area contributed by atoms with Crippen molar-refractivity contribution in [3.05, 3.63) is 59.7 Å². The molecule has 1 amide bonds. The van der Waals surface area contributed by atoms with E-state index in [1.165, 1.54) is 0 Å². The first kappa shape index (κ1) is 15.3. The van der Waals surface area contributed by atoms with Gasteiger partial charge in [-0.3, -0.25) is 14.7 Å². The largest absolute Gasteiger partial charge is 0.337 e. The van der Waals surface area contributed by atoms with E-state index in [-0.39, 0.29) is 5.91 Å². The second kappa shape index (κ2) is 6.32. The highest BCUT2D eigenvalue weighted by Gasteiger charge is 2.41. The number of aromatic nitrogens is 2. The van der Waals surface area contributed by atoms with Crippen LogP contribution in [0, 0.1) is 18.8 Å². The van der Waals surface area contributed by atoms with Gasteiger partial charge in [0.25, 0.3) is 5.91 Å². The smallest absolute Gasteiger partial charge is 0.272 e. The first-order valence-corrected chi connectivity index (χ1v) is 8.54. The summed E-state index contributed by atoms with van der Waals surface area (Å²) < 4.78 is 0. The van der Waals surface area contributed by atoms with Crippen molar-refractivity contribution in [1.29, 1.82) is 0 Å². The molecule has 2 aromatic heterocycles. The van der Waals surface area contributed by atoms with Gasteiger partial charge < -0.3 is 4.90 Å². The Balaban J connectivity index is 1.37. The number of fused-ring (bicyclic) bond motifs is 1. The highest BCUT2D eigenvalue weighted by molar-refractivity contribution is 5.92. The van der Waals surface area contributed by atoms with Crippen LogP contribution in [0.25, 0.3) is 0 Å². The van der Waals surface area contributed by atoms with E-state index < -0.39 is 0 Å². The van der Waals surface area contributed by atoms with E-state index in [0.717, 1.165) is 44.1 Å². The third kappa shape index (κ3) is 3.04. The van der Waals surface area contributed by atoms with Crippen molar-refractivity contribution < 1.29 is 4.79 Å². The van der Waals surface area contributed by atoms with Crippen molar-refractivity contribution in [2.45, 2.75) is 13.5 Å². The van der Waals surface area contributed by atoms with E-state index in [0.29, 0.717) is 17.5 Å². The van der Waals surface area contributed by atoms with Crippen molar-refractivity contribution in [3.8, 4) is 0 Å². The van der Waals surface area contributed by atoms with Gasteiger partial charge in [0.2, 0.25) is 0 Å². The Bertz CT molecular complexity index is 719. The molecule has 2 aliphatic heterocycles. The molecule has 5 nitrogen and oxygen atoms in total. The van der Waals surface area contributed by atoms with Gasteiger partial charge in [0.15, 0.2) is 0 Å². The fourth-order valence-corrected chi connectivity index (χ4v) is 3.93. The molecule has 5 heteroatoms. The van der Waals surface area contributed by atoms with Crippen LogP contribution in [0.1, 0.15) is 21.9 Å². The van der Waals surface area contributed by atoms with Crippen molar-refractivity contribution in [3.63, 3.8) is 0 Å². The SMILES string of the molecule is Cc1cccc(C(=O)N2C[C@H]3CN(Cc4ccccn4)C[C@H]3C2)n1. The van der Waals surface area contributed by atoms with Crippen LogP contribution in [-0.4, -0.2) is 51.9 Å². The van der Waals surface area contributed by atoms with E-state index in [9.17, 15) is 4.79 Å². The zero-order valence-corrected chi connectivity index (χ0v) is 13.9. The van der Waals surface area contributed by atoms with E-state index in [1.807, 2.05) is 48.4 Å². The summed E-state index contributed by atoms with van der Waals surface area (Å²) >= 11 is 0. The van der Waals surface area contributed by atoms with Gasteiger partial charge in [-0.15, -0.1) is 0 Å². The summed E-state index contributed by atoms with van der Waals surface area (Å²) in [6.45, 7) is 6.61. The Morgan fingerprint density at radius 2 is 1.88 bits per heavy atom. The van der Waals surface area contributed by atoms with Crippen molar-refractivity contribution in [2.24, 2.45) is 11.8 Å². The number of carbonyl (C=O) groups is 1. The van der Waals surface area contributed by atoms with Crippen molar-refractivity contribution >= 4 is 5.91 Å². The molecule has 4 heterocycles. The molecule has 0 radical (unpaired) electrons. The molecule has 2 saturated heterocycles. The first-order chi connectivity index (χ1) is 11.7. The number of hydrogen-bond acceptors (Lipinski definition) is 4. The highest BCUT2D eigenvalue weighted by Crippen LogP contribution is 2.32. The summed E-state index contributed by atoms with van der Waals surface area (Å²) in [7, 11) is 0. The average molecular weight is 322 g/mol. The number of aryl methyl sites for hydroxylation is 1. The summed E-state index contributed by atoms with van der Waals surface area (Å²) in [6, 6.07) is 11.7. The molecule has 0 aromatic carbocycles. The average Bonchev–Trinajstić information content (AvgIpc) is 3.13. The minimum atomic E-state index is 0.0735. The summed E-state index contributed by atoms with van der Waals surface area (Å²) in [5, 5.41) is 0. The van der Waals surface area contributed by atoms with Gasteiger partial charge in [0.1, 0.15) is 5.69 Å².